The SMILES string of the molecule is CS(=O)(=O)N(CC(=O)N(Cc1ccc(Br)cc1)[C@H](Cc1ccccc1)C(=O)NC1CCCCC1)c1ccccc1Cl. The van der Waals surface area contributed by atoms with E-state index in [2.05, 4.69) is 21.2 Å². The van der Waals surface area contributed by atoms with E-state index in [-0.39, 0.29) is 35.6 Å². The minimum absolute atomic E-state index is 0.0507. The lowest BCUT2D eigenvalue weighted by Gasteiger charge is -2.35. The smallest absolute Gasteiger partial charge is 0.244 e. The molecule has 0 radical (unpaired) electrons. The van der Waals surface area contributed by atoms with E-state index in [9.17, 15) is 18.0 Å². The van der Waals surface area contributed by atoms with Gasteiger partial charge in [-0.1, -0.05) is 101 Å². The number of hydrogen-bond donors (Lipinski definition) is 1. The summed E-state index contributed by atoms with van der Waals surface area (Å²) in [5.41, 5.74) is 1.92. The first-order valence-corrected chi connectivity index (χ1v) is 16.7. The second-order valence-electron chi connectivity index (χ2n) is 10.4. The fraction of sp³-hybridized carbons (Fsp3) is 0.355. The van der Waals surface area contributed by atoms with Crippen molar-refractivity contribution >= 4 is 55.1 Å². The molecule has 3 aromatic rings. The fourth-order valence-corrected chi connectivity index (χ4v) is 6.55. The lowest BCUT2D eigenvalue weighted by molar-refractivity contribution is -0.140. The number of nitrogens with zero attached hydrogens (tertiary/aromatic N) is 2. The highest BCUT2D eigenvalue weighted by atomic mass is 79.9. The molecule has 0 aromatic heterocycles. The number of sulfonamides is 1. The molecule has 4 rings (SSSR count). The van der Waals surface area contributed by atoms with Gasteiger partial charge in [-0.3, -0.25) is 13.9 Å². The highest BCUT2D eigenvalue weighted by molar-refractivity contribution is 9.10. The number of amides is 2. The lowest BCUT2D eigenvalue weighted by atomic mass is 9.94. The average molecular weight is 661 g/mol. The molecule has 1 fully saturated rings. The van der Waals surface area contributed by atoms with E-state index in [4.69, 9.17) is 11.6 Å². The Morgan fingerprint density at radius 3 is 2.20 bits per heavy atom. The summed E-state index contributed by atoms with van der Waals surface area (Å²) in [6.07, 6.45) is 6.38. The van der Waals surface area contributed by atoms with Gasteiger partial charge in [-0.2, -0.15) is 0 Å². The molecule has 0 aliphatic heterocycles. The third-order valence-corrected chi connectivity index (χ3v) is 9.26. The summed E-state index contributed by atoms with van der Waals surface area (Å²) in [6, 6.07) is 22.8. The molecule has 218 valence electrons. The summed E-state index contributed by atoms with van der Waals surface area (Å²) in [7, 11) is -3.88. The molecule has 0 heterocycles. The largest absolute Gasteiger partial charge is 0.352 e. The summed E-state index contributed by atoms with van der Waals surface area (Å²) < 4.78 is 27.7. The Balaban J connectivity index is 1.72. The first-order valence-electron chi connectivity index (χ1n) is 13.7. The fourth-order valence-electron chi connectivity index (χ4n) is 5.13. The van der Waals surface area contributed by atoms with Crippen LogP contribution in [0.5, 0.6) is 0 Å². The van der Waals surface area contributed by atoms with Crippen molar-refractivity contribution in [1.82, 2.24) is 10.2 Å². The van der Waals surface area contributed by atoms with Crippen molar-refractivity contribution in [2.45, 2.75) is 57.2 Å². The Hall–Kier alpha value is -2.88. The lowest BCUT2D eigenvalue weighted by Crippen LogP contribution is -2.55. The van der Waals surface area contributed by atoms with Gasteiger partial charge in [-0.15, -0.1) is 0 Å². The summed E-state index contributed by atoms with van der Waals surface area (Å²) in [5, 5.41) is 3.41. The maximum Gasteiger partial charge on any atom is 0.244 e. The summed E-state index contributed by atoms with van der Waals surface area (Å²) in [4.78, 5) is 29.6. The van der Waals surface area contributed by atoms with Gasteiger partial charge in [-0.25, -0.2) is 8.42 Å². The molecule has 1 atom stereocenters. The molecule has 1 aliphatic rings. The van der Waals surface area contributed by atoms with Crippen molar-refractivity contribution in [3.05, 3.63) is 99.5 Å². The van der Waals surface area contributed by atoms with Crippen LogP contribution in [0.4, 0.5) is 5.69 Å². The second-order valence-corrected chi connectivity index (χ2v) is 13.6. The standard InChI is InChI=1S/C31H35BrClN3O4S/c1-41(39,40)36(28-15-9-8-14-27(28)33)22-30(37)35(21-24-16-18-25(32)19-17-24)29(20-23-10-4-2-5-11-23)31(38)34-26-12-6-3-7-13-26/h2,4-5,8-11,14-19,26,29H,3,6-7,12-13,20-22H2,1H3,(H,34,38)/t29-/m1/s1. The van der Waals surface area contributed by atoms with Gasteiger partial charge >= 0.3 is 0 Å². The van der Waals surface area contributed by atoms with Crippen LogP contribution >= 0.6 is 27.5 Å². The van der Waals surface area contributed by atoms with Gasteiger partial charge in [0.05, 0.1) is 17.0 Å². The molecule has 1 saturated carbocycles. The first kappa shape index (κ1) is 31.1. The van der Waals surface area contributed by atoms with Crippen molar-refractivity contribution in [2.24, 2.45) is 0 Å². The number of hydrogen-bond acceptors (Lipinski definition) is 4. The Kier molecular flexibility index (Phi) is 10.9. The normalized spacial score (nSPS) is 14.7. The van der Waals surface area contributed by atoms with Crippen molar-refractivity contribution in [2.75, 3.05) is 17.1 Å². The van der Waals surface area contributed by atoms with Gasteiger partial charge in [0.15, 0.2) is 0 Å². The second kappa shape index (κ2) is 14.3. The molecule has 1 N–H and O–H groups in total. The van der Waals surface area contributed by atoms with E-state index >= 15 is 0 Å². The maximum atomic E-state index is 14.2. The Morgan fingerprint density at radius 1 is 0.927 bits per heavy atom. The van der Waals surface area contributed by atoms with E-state index in [0.717, 1.165) is 58.3 Å². The third kappa shape index (κ3) is 8.80. The Morgan fingerprint density at radius 2 is 1.56 bits per heavy atom. The van der Waals surface area contributed by atoms with Crippen molar-refractivity contribution in [1.29, 1.82) is 0 Å². The molecular formula is C31H35BrClN3O4S. The molecular weight excluding hydrogens is 626 g/mol. The number of nitrogens with one attached hydrogen (secondary N) is 1. The van der Waals surface area contributed by atoms with Gasteiger partial charge in [0.2, 0.25) is 21.8 Å². The van der Waals surface area contributed by atoms with E-state index < -0.39 is 28.5 Å². The van der Waals surface area contributed by atoms with Crippen LogP contribution in [0.1, 0.15) is 43.2 Å². The van der Waals surface area contributed by atoms with Gasteiger partial charge < -0.3 is 10.2 Å². The van der Waals surface area contributed by atoms with Gasteiger partial charge in [-0.05, 0) is 48.2 Å². The minimum Gasteiger partial charge on any atom is -0.352 e. The predicted molar refractivity (Wildman–Crippen MR) is 167 cm³/mol. The molecule has 10 heteroatoms. The number of carbonyl (C=O) groups excluding carboxylic acids is 2. The van der Waals surface area contributed by atoms with Crippen LogP contribution in [0.3, 0.4) is 0 Å². The van der Waals surface area contributed by atoms with Crippen molar-refractivity contribution < 1.29 is 18.0 Å². The molecule has 1 aliphatic carbocycles. The van der Waals surface area contributed by atoms with E-state index in [0.29, 0.717) is 0 Å². The Bertz CT molecular complexity index is 1430. The van der Waals surface area contributed by atoms with Crippen LogP contribution in [-0.4, -0.2) is 50.0 Å². The van der Waals surface area contributed by atoms with Crippen molar-refractivity contribution in [3.63, 3.8) is 0 Å². The molecule has 0 unspecified atom stereocenters. The van der Waals surface area contributed by atoms with Gasteiger partial charge in [0.25, 0.3) is 0 Å². The van der Waals surface area contributed by atoms with Crippen LogP contribution in [0.15, 0.2) is 83.3 Å². The number of anilines is 1. The number of halogens is 2. The zero-order valence-corrected chi connectivity index (χ0v) is 26.2. The Labute approximate surface area is 256 Å². The highest BCUT2D eigenvalue weighted by Crippen LogP contribution is 2.28. The maximum absolute atomic E-state index is 14.2. The molecule has 2 amide bonds. The predicted octanol–water partition coefficient (Wildman–Crippen LogP) is 5.96. The molecule has 0 spiro atoms. The summed E-state index contributed by atoms with van der Waals surface area (Å²) in [6.45, 7) is -0.372. The summed E-state index contributed by atoms with van der Waals surface area (Å²) in [5.74, 6) is -0.743. The molecule has 7 nitrogen and oxygen atoms in total. The number of carbonyl (C=O) groups is 2. The number of para-hydroxylation sites is 1. The van der Waals surface area contributed by atoms with Crippen LogP contribution in [0.2, 0.25) is 5.02 Å². The molecule has 3 aromatic carbocycles. The van der Waals surface area contributed by atoms with Crippen LogP contribution in [0.25, 0.3) is 0 Å². The number of rotatable bonds is 11. The van der Waals surface area contributed by atoms with E-state index in [1.54, 1.807) is 24.3 Å². The molecule has 41 heavy (non-hydrogen) atoms. The van der Waals surface area contributed by atoms with Crippen LogP contribution in [0, 0.1) is 0 Å². The van der Waals surface area contributed by atoms with E-state index in [1.165, 1.54) is 4.90 Å². The quantitative estimate of drug-likeness (QED) is 0.275. The average Bonchev–Trinajstić information content (AvgIpc) is 2.95. The number of benzene rings is 3. The zero-order chi connectivity index (χ0) is 29.4. The minimum atomic E-state index is -3.88. The topological polar surface area (TPSA) is 86.8 Å². The molecule has 0 saturated heterocycles. The first-order chi connectivity index (χ1) is 19.6. The van der Waals surface area contributed by atoms with Crippen LogP contribution < -0.4 is 9.62 Å². The van der Waals surface area contributed by atoms with E-state index in [1.807, 2.05) is 54.6 Å². The third-order valence-electron chi connectivity index (χ3n) is 7.29. The zero-order valence-electron chi connectivity index (χ0n) is 23.0. The van der Waals surface area contributed by atoms with Crippen LogP contribution in [-0.2, 0) is 32.6 Å². The monoisotopic (exact) mass is 659 g/mol. The summed E-state index contributed by atoms with van der Waals surface area (Å²) >= 11 is 9.81. The van der Waals surface area contributed by atoms with Gasteiger partial charge in [0.1, 0.15) is 12.6 Å². The highest BCUT2D eigenvalue weighted by Gasteiger charge is 2.34. The van der Waals surface area contributed by atoms with Crippen molar-refractivity contribution in [3.8, 4) is 0 Å². The molecule has 0 bridgehead atoms. The van der Waals surface area contributed by atoms with Gasteiger partial charge in [0, 0.05) is 23.5 Å².